The normalized spacial score (nSPS) is 23.5. The molecule has 0 spiro atoms. The molecule has 0 aromatic heterocycles. The SMILES string of the molecule is Cc1c(C(=O)NC2CCCC(C)C2C)cc([N+](=O)[O-])cc1[N+](=O)[O-]. The highest BCUT2D eigenvalue weighted by atomic mass is 16.6. The van der Waals surface area contributed by atoms with Gasteiger partial charge in [-0.3, -0.25) is 25.0 Å². The molecular formula is C16H21N3O5. The Morgan fingerprint density at radius 2 is 1.83 bits per heavy atom. The van der Waals surface area contributed by atoms with E-state index in [2.05, 4.69) is 19.2 Å². The molecule has 1 aliphatic rings. The zero-order chi connectivity index (χ0) is 18.0. The van der Waals surface area contributed by atoms with Gasteiger partial charge in [0.1, 0.15) is 0 Å². The van der Waals surface area contributed by atoms with Crippen molar-refractivity contribution < 1.29 is 14.6 Å². The number of nitro groups is 2. The number of nitrogens with zero attached hydrogens (tertiary/aromatic N) is 2. The summed E-state index contributed by atoms with van der Waals surface area (Å²) < 4.78 is 0. The number of carbonyl (C=O) groups excluding carboxylic acids is 1. The third-order valence-electron chi connectivity index (χ3n) is 5.04. The van der Waals surface area contributed by atoms with E-state index in [4.69, 9.17) is 0 Å². The first-order valence-corrected chi connectivity index (χ1v) is 7.96. The predicted molar refractivity (Wildman–Crippen MR) is 87.9 cm³/mol. The van der Waals surface area contributed by atoms with E-state index in [1.54, 1.807) is 0 Å². The summed E-state index contributed by atoms with van der Waals surface area (Å²) in [5.74, 6) is 0.270. The Labute approximate surface area is 139 Å². The number of non-ortho nitro benzene ring substituents is 1. The second-order valence-corrected chi connectivity index (χ2v) is 6.50. The monoisotopic (exact) mass is 335 g/mol. The van der Waals surface area contributed by atoms with Crippen molar-refractivity contribution >= 4 is 17.3 Å². The minimum absolute atomic E-state index is 0.0127. The average molecular weight is 335 g/mol. The highest BCUT2D eigenvalue weighted by Gasteiger charge is 2.30. The number of benzene rings is 1. The van der Waals surface area contributed by atoms with Crippen molar-refractivity contribution in [3.8, 4) is 0 Å². The molecule has 0 saturated heterocycles. The minimum atomic E-state index is -0.728. The van der Waals surface area contributed by atoms with Gasteiger partial charge in [0, 0.05) is 17.7 Å². The molecule has 3 atom stereocenters. The Balaban J connectivity index is 2.34. The molecule has 1 fully saturated rings. The third-order valence-corrected chi connectivity index (χ3v) is 5.04. The highest BCUT2D eigenvalue weighted by Crippen LogP contribution is 2.31. The maximum Gasteiger partial charge on any atom is 0.279 e. The molecule has 0 aliphatic heterocycles. The quantitative estimate of drug-likeness (QED) is 0.669. The van der Waals surface area contributed by atoms with Crippen molar-refractivity contribution in [3.63, 3.8) is 0 Å². The Kier molecular flexibility index (Phi) is 5.16. The highest BCUT2D eigenvalue weighted by molar-refractivity contribution is 5.97. The van der Waals surface area contributed by atoms with Crippen LogP contribution in [0.4, 0.5) is 11.4 Å². The van der Waals surface area contributed by atoms with E-state index in [-0.39, 0.29) is 23.1 Å². The lowest BCUT2D eigenvalue weighted by molar-refractivity contribution is -0.394. The molecule has 3 unspecified atom stereocenters. The topological polar surface area (TPSA) is 115 Å². The van der Waals surface area contributed by atoms with Crippen LogP contribution in [0.1, 0.15) is 49.0 Å². The Morgan fingerprint density at radius 1 is 1.17 bits per heavy atom. The van der Waals surface area contributed by atoms with Crippen LogP contribution in [-0.2, 0) is 0 Å². The molecule has 1 amide bonds. The molecule has 24 heavy (non-hydrogen) atoms. The fraction of sp³-hybridized carbons (Fsp3) is 0.562. The largest absolute Gasteiger partial charge is 0.349 e. The van der Waals surface area contributed by atoms with Crippen LogP contribution in [0.5, 0.6) is 0 Å². The molecule has 0 heterocycles. The fourth-order valence-electron chi connectivity index (χ4n) is 3.25. The fourth-order valence-corrected chi connectivity index (χ4v) is 3.25. The van der Waals surface area contributed by atoms with Crippen LogP contribution in [0, 0.1) is 39.0 Å². The van der Waals surface area contributed by atoms with Crippen molar-refractivity contribution in [3.05, 3.63) is 43.5 Å². The number of carbonyl (C=O) groups is 1. The van der Waals surface area contributed by atoms with Gasteiger partial charge in [0.05, 0.1) is 21.5 Å². The first-order chi connectivity index (χ1) is 11.2. The van der Waals surface area contributed by atoms with Crippen LogP contribution in [-0.4, -0.2) is 21.8 Å². The molecule has 130 valence electrons. The van der Waals surface area contributed by atoms with E-state index in [1.165, 1.54) is 6.92 Å². The van der Waals surface area contributed by atoms with Crippen LogP contribution >= 0.6 is 0 Å². The molecule has 8 nitrogen and oxygen atoms in total. The molecule has 8 heteroatoms. The summed E-state index contributed by atoms with van der Waals surface area (Å²) in [6.45, 7) is 5.63. The van der Waals surface area contributed by atoms with Gasteiger partial charge in [0.25, 0.3) is 17.3 Å². The van der Waals surface area contributed by atoms with Crippen molar-refractivity contribution in [1.82, 2.24) is 5.32 Å². The Morgan fingerprint density at radius 3 is 2.42 bits per heavy atom. The molecule has 0 radical (unpaired) electrons. The van der Waals surface area contributed by atoms with Gasteiger partial charge in [0.2, 0.25) is 0 Å². The van der Waals surface area contributed by atoms with Gasteiger partial charge in [-0.2, -0.15) is 0 Å². The first-order valence-electron chi connectivity index (χ1n) is 7.96. The van der Waals surface area contributed by atoms with Crippen LogP contribution in [0.15, 0.2) is 12.1 Å². The molecule has 1 aromatic carbocycles. The van der Waals surface area contributed by atoms with E-state index in [9.17, 15) is 25.0 Å². The zero-order valence-electron chi connectivity index (χ0n) is 13.9. The molecule has 1 saturated carbocycles. The van der Waals surface area contributed by atoms with Crippen molar-refractivity contribution in [2.45, 2.75) is 46.1 Å². The van der Waals surface area contributed by atoms with Crippen molar-refractivity contribution in [2.24, 2.45) is 11.8 Å². The summed E-state index contributed by atoms with van der Waals surface area (Å²) in [4.78, 5) is 33.3. The summed E-state index contributed by atoms with van der Waals surface area (Å²) in [7, 11) is 0. The molecule has 2 rings (SSSR count). The van der Waals surface area contributed by atoms with E-state index >= 15 is 0 Å². The lowest BCUT2D eigenvalue weighted by Gasteiger charge is -2.34. The van der Waals surface area contributed by atoms with Crippen molar-refractivity contribution in [1.29, 1.82) is 0 Å². The number of nitro benzene ring substituents is 2. The lowest BCUT2D eigenvalue weighted by Crippen LogP contribution is -2.43. The van der Waals surface area contributed by atoms with E-state index in [0.29, 0.717) is 5.92 Å². The molecule has 1 aliphatic carbocycles. The molecular weight excluding hydrogens is 314 g/mol. The third kappa shape index (κ3) is 3.52. The van der Waals surface area contributed by atoms with Gasteiger partial charge in [-0.15, -0.1) is 0 Å². The zero-order valence-corrected chi connectivity index (χ0v) is 13.9. The number of nitrogens with one attached hydrogen (secondary N) is 1. The van der Waals surface area contributed by atoms with Gasteiger partial charge < -0.3 is 5.32 Å². The Hall–Kier alpha value is -2.51. The van der Waals surface area contributed by atoms with E-state index in [0.717, 1.165) is 31.4 Å². The lowest BCUT2D eigenvalue weighted by atomic mass is 9.78. The number of amides is 1. The van der Waals surface area contributed by atoms with Gasteiger partial charge in [-0.25, -0.2) is 0 Å². The van der Waals surface area contributed by atoms with Gasteiger partial charge in [-0.1, -0.05) is 26.7 Å². The number of rotatable bonds is 4. The first kappa shape index (κ1) is 17.8. The van der Waals surface area contributed by atoms with Gasteiger partial charge in [-0.05, 0) is 25.2 Å². The summed E-state index contributed by atoms with van der Waals surface area (Å²) in [5, 5.41) is 25.0. The summed E-state index contributed by atoms with van der Waals surface area (Å²) in [5.41, 5.74) is -0.747. The van der Waals surface area contributed by atoms with Crippen LogP contribution in [0.25, 0.3) is 0 Å². The van der Waals surface area contributed by atoms with Crippen LogP contribution in [0.2, 0.25) is 0 Å². The Bertz CT molecular complexity index is 689. The van der Waals surface area contributed by atoms with Crippen LogP contribution < -0.4 is 5.32 Å². The minimum Gasteiger partial charge on any atom is -0.349 e. The summed E-state index contributed by atoms with van der Waals surface area (Å²) in [6.07, 6.45) is 2.95. The van der Waals surface area contributed by atoms with E-state index < -0.39 is 27.1 Å². The standard InChI is InChI=1S/C16H21N3O5/c1-9-5-4-6-14(10(9)2)17-16(20)13-7-12(18(21)22)8-15(11(13)3)19(23)24/h7-10,14H,4-6H2,1-3H3,(H,17,20). The maximum atomic E-state index is 12.6. The molecule has 0 bridgehead atoms. The smallest absolute Gasteiger partial charge is 0.279 e. The summed E-state index contributed by atoms with van der Waals surface area (Å²) >= 11 is 0. The van der Waals surface area contributed by atoms with Crippen LogP contribution in [0.3, 0.4) is 0 Å². The van der Waals surface area contributed by atoms with Gasteiger partial charge in [0.15, 0.2) is 0 Å². The molecule has 1 aromatic rings. The van der Waals surface area contributed by atoms with Crippen molar-refractivity contribution in [2.75, 3.05) is 0 Å². The predicted octanol–water partition coefficient (Wildman–Crippen LogP) is 3.37. The number of hydrogen-bond donors (Lipinski definition) is 1. The summed E-state index contributed by atoms with van der Waals surface area (Å²) in [6, 6.07) is 1.96. The molecule has 1 N–H and O–H groups in total. The van der Waals surface area contributed by atoms with E-state index in [1.807, 2.05) is 0 Å². The number of hydrogen-bond acceptors (Lipinski definition) is 5. The second kappa shape index (κ2) is 6.94. The van der Waals surface area contributed by atoms with Gasteiger partial charge >= 0.3 is 0 Å². The average Bonchev–Trinajstić information content (AvgIpc) is 2.51. The maximum absolute atomic E-state index is 12.6. The second-order valence-electron chi connectivity index (χ2n) is 6.50.